The van der Waals surface area contributed by atoms with Crippen molar-refractivity contribution in [2.24, 2.45) is 0 Å². The number of ketones is 1. The van der Waals surface area contributed by atoms with Crippen molar-refractivity contribution in [3.63, 3.8) is 0 Å². The lowest BCUT2D eigenvalue weighted by molar-refractivity contribution is -0.139. The van der Waals surface area contributed by atoms with Crippen LogP contribution >= 0.6 is 0 Å². The highest BCUT2D eigenvalue weighted by Gasteiger charge is 2.46. The molecule has 1 amide bonds. The van der Waals surface area contributed by atoms with Crippen LogP contribution in [-0.2, 0) is 16.1 Å². The summed E-state index contributed by atoms with van der Waals surface area (Å²) in [6, 6.07) is 8.66. The first kappa shape index (κ1) is 24.2. The number of imidazole rings is 1. The van der Waals surface area contributed by atoms with Crippen molar-refractivity contribution >= 4 is 17.4 Å². The van der Waals surface area contributed by atoms with Gasteiger partial charge < -0.3 is 33.9 Å². The number of fused-ring (bicyclic) bond motifs is 1. The number of nitrogens with zero attached hydrogens (tertiary/aromatic N) is 3. The third kappa shape index (κ3) is 4.69. The van der Waals surface area contributed by atoms with Crippen molar-refractivity contribution in [2.45, 2.75) is 25.9 Å². The van der Waals surface area contributed by atoms with E-state index in [1.807, 2.05) is 10.8 Å². The molecule has 0 spiro atoms. The number of phenols is 1. The van der Waals surface area contributed by atoms with Crippen LogP contribution in [0.15, 0.2) is 60.7 Å². The number of Topliss-reactive ketones (excluding diaryl/α,β-unsaturated/α-hetero) is 1. The summed E-state index contributed by atoms with van der Waals surface area (Å²) >= 11 is 0. The molecular formula is C27H27N3O7. The molecule has 3 aromatic rings. The molecule has 0 aliphatic carbocycles. The molecule has 5 rings (SSSR count). The fraction of sp³-hybridized carbons (Fsp3) is 0.296. The maximum Gasteiger partial charge on any atom is 0.295 e. The Bertz CT molecular complexity index is 1350. The molecule has 2 aliphatic rings. The van der Waals surface area contributed by atoms with E-state index in [2.05, 4.69) is 4.98 Å². The lowest BCUT2D eigenvalue weighted by Crippen LogP contribution is -2.31. The second kappa shape index (κ2) is 10.3. The monoisotopic (exact) mass is 505 g/mol. The number of carbonyl (C=O) groups excluding carboxylic acids is 2. The van der Waals surface area contributed by atoms with Crippen LogP contribution in [0.3, 0.4) is 0 Å². The van der Waals surface area contributed by atoms with Gasteiger partial charge in [0.15, 0.2) is 23.0 Å². The first-order chi connectivity index (χ1) is 18.0. The van der Waals surface area contributed by atoms with Gasteiger partial charge in [0.05, 0.1) is 24.5 Å². The molecule has 2 aliphatic heterocycles. The van der Waals surface area contributed by atoms with E-state index in [-0.39, 0.29) is 29.4 Å². The molecule has 3 heterocycles. The van der Waals surface area contributed by atoms with Crippen LogP contribution in [0.5, 0.6) is 23.0 Å². The van der Waals surface area contributed by atoms with Crippen molar-refractivity contribution in [1.29, 1.82) is 0 Å². The van der Waals surface area contributed by atoms with Gasteiger partial charge in [0.2, 0.25) is 0 Å². The second-order valence-electron chi connectivity index (χ2n) is 8.67. The number of ether oxygens (including phenoxy) is 3. The Morgan fingerprint density at radius 2 is 1.92 bits per heavy atom. The van der Waals surface area contributed by atoms with Crippen molar-refractivity contribution in [2.75, 3.05) is 26.4 Å². The zero-order valence-corrected chi connectivity index (χ0v) is 20.3. The van der Waals surface area contributed by atoms with Gasteiger partial charge >= 0.3 is 0 Å². The second-order valence-corrected chi connectivity index (χ2v) is 8.67. The van der Waals surface area contributed by atoms with Crippen molar-refractivity contribution in [3.05, 3.63) is 71.8 Å². The normalized spacial score (nSPS) is 18.3. The van der Waals surface area contributed by atoms with Gasteiger partial charge in [-0.3, -0.25) is 9.59 Å². The number of likely N-dealkylation sites (tertiary alicyclic amines) is 1. The Labute approximate surface area is 213 Å². The van der Waals surface area contributed by atoms with Crippen LogP contribution in [0.1, 0.15) is 30.5 Å². The fourth-order valence-electron chi connectivity index (χ4n) is 4.62. The van der Waals surface area contributed by atoms with Gasteiger partial charge in [-0.15, -0.1) is 0 Å². The molecule has 1 unspecified atom stereocenters. The molecule has 10 heteroatoms. The number of hydrogen-bond acceptors (Lipinski definition) is 8. The molecule has 0 radical (unpaired) electrons. The minimum Gasteiger partial charge on any atom is -0.507 e. The smallest absolute Gasteiger partial charge is 0.295 e. The molecule has 192 valence electrons. The molecule has 10 nitrogen and oxygen atoms in total. The van der Waals surface area contributed by atoms with Gasteiger partial charge in [-0.25, -0.2) is 4.98 Å². The molecule has 2 aromatic carbocycles. The van der Waals surface area contributed by atoms with Crippen molar-refractivity contribution in [1.82, 2.24) is 14.5 Å². The quantitative estimate of drug-likeness (QED) is 0.272. The number of hydrogen-bond donors (Lipinski definition) is 2. The average Bonchev–Trinajstić information content (AvgIpc) is 3.52. The Hall–Kier alpha value is -4.47. The minimum atomic E-state index is -0.879. The third-order valence-electron chi connectivity index (χ3n) is 6.33. The maximum absolute atomic E-state index is 13.3. The first-order valence-corrected chi connectivity index (χ1v) is 12.1. The summed E-state index contributed by atoms with van der Waals surface area (Å²) in [6.07, 6.45) is 5.73. The van der Waals surface area contributed by atoms with Crippen molar-refractivity contribution in [3.8, 4) is 23.0 Å². The van der Waals surface area contributed by atoms with Gasteiger partial charge in [-0.2, -0.15) is 0 Å². The molecule has 2 N–H and O–H groups in total. The van der Waals surface area contributed by atoms with E-state index in [0.29, 0.717) is 55.4 Å². The van der Waals surface area contributed by atoms with E-state index in [0.717, 1.165) is 0 Å². The number of phenolic OH excluding ortho intramolecular Hbond substituents is 1. The molecule has 1 aromatic heterocycles. The topological polar surface area (TPSA) is 123 Å². The lowest BCUT2D eigenvalue weighted by atomic mass is 9.94. The van der Waals surface area contributed by atoms with Gasteiger partial charge in [0, 0.05) is 31.0 Å². The number of aliphatic hydroxyl groups is 1. The molecule has 0 bridgehead atoms. The molecule has 37 heavy (non-hydrogen) atoms. The highest BCUT2D eigenvalue weighted by atomic mass is 16.6. The Morgan fingerprint density at radius 1 is 1.11 bits per heavy atom. The lowest BCUT2D eigenvalue weighted by Gasteiger charge is -2.26. The van der Waals surface area contributed by atoms with E-state index >= 15 is 0 Å². The summed E-state index contributed by atoms with van der Waals surface area (Å²) in [5, 5.41) is 21.6. The zero-order valence-electron chi connectivity index (χ0n) is 20.3. The number of benzene rings is 2. The summed E-state index contributed by atoms with van der Waals surface area (Å²) in [4.78, 5) is 32.0. The number of aryl methyl sites for hydroxylation is 1. The van der Waals surface area contributed by atoms with Gasteiger partial charge in [0.1, 0.15) is 19.0 Å². The first-order valence-electron chi connectivity index (χ1n) is 12.1. The number of rotatable bonds is 8. The van der Waals surface area contributed by atoms with Gasteiger partial charge in [-0.05, 0) is 49.2 Å². The maximum atomic E-state index is 13.3. The Kier molecular flexibility index (Phi) is 6.72. The molecule has 1 saturated heterocycles. The minimum absolute atomic E-state index is 0.0440. The summed E-state index contributed by atoms with van der Waals surface area (Å²) in [6.45, 7) is 3.75. The fourth-order valence-corrected chi connectivity index (χ4v) is 4.62. The van der Waals surface area contributed by atoms with Gasteiger partial charge in [-0.1, -0.05) is 6.07 Å². The molecule has 1 fully saturated rings. The summed E-state index contributed by atoms with van der Waals surface area (Å²) < 4.78 is 18.6. The number of aromatic hydroxyl groups is 1. The SMILES string of the molecule is CCOc1cc(C2/C(=C(\O)c3ccc4c(c3)OCCO4)C(=O)C(=O)N2CCCn2ccnc2)ccc1O. The van der Waals surface area contributed by atoms with E-state index in [9.17, 15) is 19.8 Å². The predicted octanol–water partition coefficient (Wildman–Crippen LogP) is 3.27. The van der Waals surface area contributed by atoms with E-state index in [1.54, 1.807) is 49.8 Å². The zero-order chi connectivity index (χ0) is 25.9. The highest BCUT2D eigenvalue weighted by Crippen LogP contribution is 2.43. The number of aromatic nitrogens is 2. The number of amides is 1. The van der Waals surface area contributed by atoms with Crippen LogP contribution in [0.2, 0.25) is 0 Å². The van der Waals surface area contributed by atoms with E-state index < -0.39 is 17.7 Å². The summed E-state index contributed by atoms with van der Waals surface area (Å²) in [5.74, 6) is -0.656. The number of aliphatic hydroxyl groups excluding tert-OH is 1. The van der Waals surface area contributed by atoms with E-state index in [1.165, 1.54) is 11.0 Å². The molecule has 0 saturated carbocycles. The number of carbonyl (C=O) groups is 2. The van der Waals surface area contributed by atoms with Crippen LogP contribution < -0.4 is 14.2 Å². The highest BCUT2D eigenvalue weighted by molar-refractivity contribution is 6.46. The average molecular weight is 506 g/mol. The molecule has 1 atom stereocenters. The van der Waals surface area contributed by atoms with Crippen LogP contribution in [-0.4, -0.2) is 62.7 Å². The Morgan fingerprint density at radius 3 is 2.68 bits per heavy atom. The molecular weight excluding hydrogens is 478 g/mol. The summed E-state index contributed by atoms with van der Waals surface area (Å²) in [5.41, 5.74) is 0.814. The predicted molar refractivity (Wildman–Crippen MR) is 133 cm³/mol. The third-order valence-corrected chi connectivity index (χ3v) is 6.33. The standard InChI is InChI=1S/C27H27N3O7/c1-2-35-21-14-17(4-6-19(21)31)24-23(25(32)18-5-7-20-22(15-18)37-13-12-36-20)26(33)27(34)30(24)10-3-9-29-11-8-28-16-29/h4-8,11,14-16,24,31-32H,2-3,9-10,12-13H2,1H3/b25-23+. The van der Waals surface area contributed by atoms with Crippen LogP contribution in [0, 0.1) is 0 Å². The summed E-state index contributed by atoms with van der Waals surface area (Å²) in [7, 11) is 0. The Balaban J connectivity index is 1.56. The van der Waals surface area contributed by atoms with Crippen molar-refractivity contribution < 1.29 is 34.0 Å². The van der Waals surface area contributed by atoms with E-state index in [4.69, 9.17) is 14.2 Å². The van der Waals surface area contributed by atoms with Crippen LogP contribution in [0.4, 0.5) is 0 Å². The largest absolute Gasteiger partial charge is 0.507 e. The van der Waals surface area contributed by atoms with Crippen LogP contribution in [0.25, 0.3) is 5.76 Å². The van der Waals surface area contributed by atoms with Gasteiger partial charge in [0.25, 0.3) is 11.7 Å².